The van der Waals surface area contributed by atoms with E-state index in [0.717, 1.165) is 32.1 Å². The van der Waals surface area contributed by atoms with Crippen molar-refractivity contribution in [3.05, 3.63) is 179 Å². The van der Waals surface area contributed by atoms with Crippen LogP contribution in [-0.2, 0) is 11.8 Å². The summed E-state index contributed by atoms with van der Waals surface area (Å²) in [7, 11) is 0. The summed E-state index contributed by atoms with van der Waals surface area (Å²) in [5, 5.41) is 1.82. The average molecular weight is 706 g/mol. The van der Waals surface area contributed by atoms with E-state index in [2.05, 4.69) is 168 Å². The molecule has 0 saturated carbocycles. The lowest BCUT2D eigenvalue weighted by Gasteiger charge is -2.49. The molecule has 3 aliphatic carbocycles. The minimum absolute atomic E-state index is 0.381. The fraction of sp³-hybridized carbons (Fsp3) is 0.184. The lowest BCUT2D eigenvalue weighted by atomic mass is 9.61. The van der Waals surface area contributed by atoms with Crippen molar-refractivity contribution in [3.63, 3.8) is 0 Å². The number of aromatic nitrogens is 1. The van der Waals surface area contributed by atoms with Crippen LogP contribution in [0.3, 0.4) is 0 Å². The summed E-state index contributed by atoms with van der Waals surface area (Å²) in [6.07, 6.45) is 23.4. The van der Waals surface area contributed by atoms with Crippen molar-refractivity contribution in [1.82, 2.24) is 4.57 Å². The van der Waals surface area contributed by atoms with Gasteiger partial charge >= 0.3 is 0 Å². The second-order valence-electron chi connectivity index (χ2n) is 14.8. The zero-order valence-electron chi connectivity index (χ0n) is 29.1. The highest BCUT2D eigenvalue weighted by Crippen LogP contribution is 2.63. The number of hydrogen-bond acceptors (Lipinski definition) is 2. The third-order valence-corrected chi connectivity index (χ3v) is 14.6. The summed E-state index contributed by atoms with van der Waals surface area (Å²) in [5.41, 5.74) is 15.0. The number of hydrogen-bond donors (Lipinski definition) is 0. The monoisotopic (exact) mass is 705 g/mol. The normalized spacial score (nSPS) is 22.3. The van der Waals surface area contributed by atoms with Gasteiger partial charge in [0.25, 0.3) is 0 Å². The fourth-order valence-corrected chi connectivity index (χ4v) is 12.4. The minimum Gasteiger partial charge on any atom is -0.337 e. The first-order valence-electron chi connectivity index (χ1n) is 18.9. The minimum atomic E-state index is -0.403. The average Bonchev–Trinajstić information content (AvgIpc) is 3.56. The van der Waals surface area contributed by atoms with Gasteiger partial charge in [-0.3, -0.25) is 0 Å². The third-order valence-electron chi connectivity index (χ3n) is 12.1. The van der Waals surface area contributed by atoms with Crippen LogP contribution in [-0.4, -0.2) is 9.82 Å². The summed E-state index contributed by atoms with van der Waals surface area (Å²) >= 11 is 4.00. The molecule has 6 aromatic rings. The summed E-state index contributed by atoms with van der Waals surface area (Å²) in [5.74, 6) is 0. The van der Waals surface area contributed by atoms with E-state index in [1.807, 2.05) is 11.8 Å². The number of benzene rings is 5. The lowest BCUT2D eigenvalue weighted by molar-refractivity contribution is 0.470. The van der Waals surface area contributed by atoms with Gasteiger partial charge in [-0.05, 0) is 119 Å². The molecule has 11 rings (SSSR count). The molecule has 3 unspecified atom stereocenters. The fourth-order valence-electron chi connectivity index (χ4n) is 9.88. The van der Waals surface area contributed by atoms with Crippen LogP contribution in [0.25, 0.3) is 39.2 Å². The van der Waals surface area contributed by atoms with Crippen molar-refractivity contribution < 1.29 is 0 Å². The van der Waals surface area contributed by atoms with Gasteiger partial charge in [0.2, 0.25) is 0 Å². The number of aryl methyl sites for hydroxylation is 1. The molecule has 0 fully saturated rings. The number of fused-ring (bicyclic) bond motifs is 11. The Balaban J connectivity index is 1.21. The van der Waals surface area contributed by atoms with E-state index >= 15 is 0 Å². The number of rotatable bonds is 3. The van der Waals surface area contributed by atoms with Gasteiger partial charge in [-0.15, -0.1) is 11.8 Å². The Kier molecular flexibility index (Phi) is 7.24. The second-order valence-corrected chi connectivity index (χ2v) is 17.2. The molecule has 1 spiro atoms. The second kappa shape index (κ2) is 12.2. The summed E-state index contributed by atoms with van der Waals surface area (Å²) in [6, 6.07) is 42.5. The van der Waals surface area contributed by atoms with Crippen LogP contribution in [0.15, 0.2) is 166 Å². The number of thioether (sulfide) groups is 1. The first-order valence-corrected chi connectivity index (χ1v) is 20.6. The van der Waals surface area contributed by atoms with Gasteiger partial charge in [-0.25, -0.2) is 0 Å². The Morgan fingerprint density at radius 1 is 0.635 bits per heavy atom. The van der Waals surface area contributed by atoms with Gasteiger partial charge in [-0.1, -0.05) is 127 Å². The summed E-state index contributed by atoms with van der Waals surface area (Å²) in [6.45, 7) is 0. The van der Waals surface area contributed by atoms with Crippen LogP contribution in [0, 0.1) is 0 Å². The maximum atomic E-state index is 2.74. The van der Waals surface area contributed by atoms with Crippen LogP contribution in [0.1, 0.15) is 66.1 Å². The molecule has 3 atom stereocenters. The van der Waals surface area contributed by atoms with Gasteiger partial charge < -0.3 is 4.57 Å². The first-order chi connectivity index (χ1) is 25.8. The van der Waals surface area contributed by atoms with E-state index in [1.165, 1.54) is 87.8 Å². The predicted molar refractivity (Wildman–Crippen MR) is 221 cm³/mol. The lowest BCUT2D eigenvalue weighted by Crippen LogP contribution is -2.41. The van der Waals surface area contributed by atoms with Crippen LogP contribution >= 0.6 is 23.5 Å². The number of allylic oxidation sites excluding steroid dienone is 6. The van der Waals surface area contributed by atoms with Crippen LogP contribution in [0.5, 0.6) is 0 Å². The van der Waals surface area contributed by atoms with Crippen molar-refractivity contribution in [2.24, 2.45) is 0 Å². The summed E-state index contributed by atoms with van der Waals surface area (Å²) < 4.78 is 2.74. The Bertz CT molecular complexity index is 2550. The standard InChI is InChI=1S/C49H39NS2/c1-3-14-32(15-4-1)33-26-28-46-41(30-33)49(39-21-8-11-24-44(39)51-45-25-12-9-22-40(45)49)42-31-34(27-29-47(42)52-46)36-19-13-20-38-37-18-7-10-23-43(37)50(48(36)38)35-16-5-2-6-17-35/h1-5,8-15,19-24,26-31,35,45H,6-7,16-18,25H2. The highest BCUT2D eigenvalue weighted by atomic mass is 32.2. The maximum Gasteiger partial charge on any atom is 0.0708 e. The van der Waals surface area contributed by atoms with Gasteiger partial charge in [0.1, 0.15) is 0 Å². The molecular weight excluding hydrogens is 667 g/mol. The topological polar surface area (TPSA) is 4.93 Å². The molecule has 0 amide bonds. The molecule has 0 N–H and O–H groups in total. The van der Waals surface area contributed by atoms with E-state index in [0.29, 0.717) is 11.3 Å². The molecule has 5 aliphatic rings. The zero-order chi connectivity index (χ0) is 34.2. The van der Waals surface area contributed by atoms with Crippen LogP contribution in [0.4, 0.5) is 0 Å². The zero-order valence-corrected chi connectivity index (χ0v) is 30.7. The van der Waals surface area contributed by atoms with E-state index in [1.54, 1.807) is 0 Å². The molecule has 1 aromatic heterocycles. The first kappa shape index (κ1) is 30.9. The molecule has 3 heteroatoms. The number of nitrogens with zero attached hydrogens (tertiary/aromatic N) is 1. The Morgan fingerprint density at radius 2 is 1.46 bits per heavy atom. The molecule has 0 radical (unpaired) electrons. The van der Waals surface area contributed by atoms with Gasteiger partial charge in [0.15, 0.2) is 0 Å². The molecular formula is C49H39NS2. The van der Waals surface area contributed by atoms with Crippen molar-refractivity contribution >= 4 is 40.5 Å². The quantitative estimate of drug-likeness (QED) is 0.169. The summed E-state index contributed by atoms with van der Waals surface area (Å²) in [4.78, 5) is 4.12. The third kappa shape index (κ3) is 4.52. The molecule has 2 aliphatic heterocycles. The maximum absolute atomic E-state index is 2.74. The van der Waals surface area contributed by atoms with Gasteiger partial charge in [-0.2, -0.15) is 0 Å². The largest absolute Gasteiger partial charge is 0.337 e. The van der Waals surface area contributed by atoms with Crippen LogP contribution in [0.2, 0.25) is 0 Å². The Morgan fingerprint density at radius 3 is 2.33 bits per heavy atom. The molecule has 52 heavy (non-hydrogen) atoms. The number of para-hydroxylation sites is 1. The SMILES string of the molecule is C1=CCC2Sc3ccccc3C3(C2=C1)c1cc(-c2ccccc2)ccc1Sc1ccc(-c2cccc4c5c(n(C6CC=CCC6)c24)C=CCC5)cc13. The van der Waals surface area contributed by atoms with Crippen molar-refractivity contribution in [3.8, 4) is 22.3 Å². The Labute approximate surface area is 314 Å². The molecule has 252 valence electrons. The van der Waals surface area contributed by atoms with Crippen molar-refractivity contribution in [2.45, 2.75) is 69.9 Å². The Hall–Kier alpha value is -4.70. The molecule has 3 heterocycles. The van der Waals surface area contributed by atoms with Gasteiger partial charge in [0, 0.05) is 42.6 Å². The molecule has 0 bridgehead atoms. The highest BCUT2D eigenvalue weighted by molar-refractivity contribution is 8.00. The van der Waals surface area contributed by atoms with Crippen LogP contribution < -0.4 is 0 Å². The van der Waals surface area contributed by atoms with E-state index in [9.17, 15) is 0 Å². The molecule has 1 nitrogen and oxygen atoms in total. The predicted octanol–water partition coefficient (Wildman–Crippen LogP) is 13.4. The highest BCUT2D eigenvalue weighted by Gasteiger charge is 2.51. The van der Waals surface area contributed by atoms with E-state index in [4.69, 9.17) is 0 Å². The van der Waals surface area contributed by atoms with E-state index < -0.39 is 5.41 Å². The molecule has 0 saturated heterocycles. The molecule has 5 aromatic carbocycles. The smallest absolute Gasteiger partial charge is 0.0708 e. The van der Waals surface area contributed by atoms with Crippen molar-refractivity contribution in [1.29, 1.82) is 0 Å². The van der Waals surface area contributed by atoms with Crippen molar-refractivity contribution in [2.75, 3.05) is 0 Å². The van der Waals surface area contributed by atoms with Gasteiger partial charge in [0.05, 0.1) is 10.9 Å². The van der Waals surface area contributed by atoms with E-state index in [-0.39, 0.29) is 0 Å².